The largest absolute Gasteiger partial charge is 0.352 e. The first-order valence-electron chi connectivity index (χ1n) is 7.32. The summed E-state index contributed by atoms with van der Waals surface area (Å²) in [7, 11) is -3.63. The van der Waals surface area contributed by atoms with Crippen molar-refractivity contribution in [2.45, 2.75) is 30.7 Å². The summed E-state index contributed by atoms with van der Waals surface area (Å²) in [6.45, 7) is 1.92. The quantitative estimate of drug-likeness (QED) is 0.718. The number of hydrogen-bond acceptors (Lipinski definition) is 4. The number of carbonyl (C=O) groups excluding carboxylic acids is 1. The van der Waals surface area contributed by atoms with Crippen molar-refractivity contribution in [2.24, 2.45) is 17.6 Å². The van der Waals surface area contributed by atoms with Crippen molar-refractivity contribution >= 4 is 28.2 Å². The van der Waals surface area contributed by atoms with E-state index < -0.39 is 21.6 Å². The van der Waals surface area contributed by atoms with Crippen LogP contribution >= 0.6 is 12.4 Å². The molecule has 5 nitrogen and oxygen atoms in total. The van der Waals surface area contributed by atoms with Gasteiger partial charge in [0.2, 0.25) is 5.91 Å². The molecule has 1 saturated carbocycles. The maximum atomic E-state index is 12.9. The third-order valence-electron chi connectivity index (χ3n) is 3.86. The molecule has 1 aliphatic rings. The number of benzene rings is 1. The van der Waals surface area contributed by atoms with Crippen molar-refractivity contribution < 1.29 is 17.6 Å². The highest BCUT2D eigenvalue weighted by Gasteiger charge is 2.33. The van der Waals surface area contributed by atoms with Crippen LogP contribution in [0.4, 0.5) is 4.39 Å². The zero-order valence-electron chi connectivity index (χ0n) is 12.9. The third kappa shape index (κ3) is 5.44. The summed E-state index contributed by atoms with van der Waals surface area (Å²) in [5.41, 5.74) is 5.63. The van der Waals surface area contributed by atoms with Gasteiger partial charge in [0.25, 0.3) is 0 Å². The molecule has 1 fully saturated rings. The summed E-state index contributed by atoms with van der Waals surface area (Å²) in [6.07, 6.45) is 2.09. The molecule has 0 radical (unpaired) electrons. The van der Waals surface area contributed by atoms with Crippen LogP contribution in [0.3, 0.4) is 0 Å². The van der Waals surface area contributed by atoms with Gasteiger partial charge in [-0.3, -0.25) is 4.79 Å². The predicted molar refractivity (Wildman–Crippen MR) is 88.6 cm³/mol. The Kier molecular flexibility index (Phi) is 6.98. The molecule has 2 rings (SSSR count). The molecule has 1 amide bonds. The normalized spacial score (nSPS) is 17.0. The second-order valence-corrected chi connectivity index (χ2v) is 7.86. The zero-order valence-corrected chi connectivity index (χ0v) is 14.5. The Morgan fingerprint density at radius 1 is 1.35 bits per heavy atom. The maximum Gasteiger partial charge on any atom is 0.224 e. The summed E-state index contributed by atoms with van der Waals surface area (Å²) in [4.78, 5) is 12.1. The van der Waals surface area contributed by atoms with E-state index in [2.05, 4.69) is 5.32 Å². The van der Waals surface area contributed by atoms with Crippen LogP contribution in [-0.4, -0.2) is 32.7 Å². The predicted octanol–water partition coefficient (Wildman–Crippen LogP) is 1.51. The fourth-order valence-electron chi connectivity index (χ4n) is 2.34. The average Bonchev–Trinajstić information content (AvgIpc) is 3.29. The molecule has 23 heavy (non-hydrogen) atoms. The van der Waals surface area contributed by atoms with Crippen LogP contribution in [0.15, 0.2) is 29.2 Å². The molecular weight excluding hydrogens is 343 g/mol. The first kappa shape index (κ1) is 19.9. The minimum absolute atomic E-state index is 0. The van der Waals surface area contributed by atoms with E-state index in [-0.39, 0.29) is 35.0 Å². The zero-order chi connectivity index (χ0) is 16.3. The van der Waals surface area contributed by atoms with Gasteiger partial charge in [0.15, 0.2) is 9.84 Å². The van der Waals surface area contributed by atoms with Gasteiger partial charge in [0, 0.05) is 18.5 Å². The summed E-state index contributed by atoms with van der Waals surface area (Å²) < 4.78 is 37.3. The molecule has 1 aromatic rings. The molecule has 1 aliphatic carbocycles. The molecule has 8 heteroatoms. The Balaban J connectivity index is 0.00000264. The number of nitrogens with one attached hydrogen (secondary N) is 1. The van der Waals surface area contributed by atoms with E-state index in [1.165, 1.54) is 12.1 Å². The number of carbonyl (C=O) groups is 1. The number of hydrogen-bond donors (Lipinski definition) is 2. The summed E-state index contributed by atoms with van der Waals surface area (Å²) >= 11 is 0. The first-order valence-corrected chi connectivity index (χ1v) is 8.97. The van der Waals surface area contributed by atoms with Crippen molar-refractivity contribution in [2.75, 3.05) is 12.3 Å². The van der Waals surface area contributed by atoms with Crippen LogP contribution in [0.5, 0.6) is 0 Å². The molecule has 3 N–H and O–H groups in total. The van der Waals surface area contributed by atoms with Crippen molar-refractivity contribution in [1.29, 1.82) is 0 Å². The van der Waals surface area contributed by atoms with Gasteiger partial charge in [-0.2, -0.15) is 0 Å². The van der Waals surface area contributed by atoms with E-state index in [9.17, 15) is 17.6 Å². The van der Waals surface area contributed by atoms with Crippen LogP contribution in [0.1, 0.15) is 19.8 Å². The van der Waals surface area contributed by atoms with Crippen molar-refractivity contribution in [3.63, 3.8) is 0 Å². The molecule has 1 aromatic carbocycles. The molecule has 2 atom stereocenters. The van der Waals surface area contributed by atoms with E-state index in [0.29, 0.717) is 12.5 Å². The van der Waals surface area contributed by atoms with E-state index in [1.54, 1.807) is 6.92 Å². The second kappa shape index (κ2) is 8.08. The number of rotatable bonds is 7. The lowest BCUT2D eigenvalue weighted by atomic mass is 10.1. The number of amides is 1. The lowest BCUT2D eigenvalue weighted by Crippen LogP contribution is -2.45. The Hall–Kier alpha value is -1.18. The minimum Gasteiger partial charge on any atom is -0.352 e. The summed E-state index contributed by atoms with van der Waals surface area (Å²) in [5, 5.41) is 2.82. The maximum absolute atomic E-state index is 12.9. The molecule has 0 saturated heterocycles. The number of halogens is 2. The molecule has 0 heterocycles. The van der Waals surface area contributed by atoms with Gasteiger partial charge >= 0.3 is 0 Å². The van der Waals surface area contributed by atoms with E-state index >= 15 is 0 Å². The Labute approximate surface area is 142 Å². The fourth-order valence-corrected chi connectivity index (χ4v) is 3.89. The van der Waals surface area contributed by atoms with Gasteiger partial charge in [0.1, 0.15) is 5.82 Å². The highest BCUT2D eigenvalue weighted by Crippen LogP contribution is 2.32. The highest BCUT2D eigenvalue weighted by atomic mass is 35.5. The molecule has 0 aromatic heterocycles. The molecule has 2 unspecified atom stereocenters. The lowest BCUT2D eigenvalue weighted by molar-refractivity contribution is -0.124. The van der Waals surface area contributed by atoms with Crippen LogP contribution < -0.4 is 11.1 Å². The van der Waals surface area contributed by atoms with Crippen molar-refractivity contribution in [1.82, 2.24) is 5.32 Å². The first-order chi connectivity index (χ1) is 10.3. The van der Waals surface area contributed by atoms with Gasteiger partial charge in [0.05, 0.1) is 10.6 Å². The van der Waals surface area contributed by atoms with Crippen LogP contribution in [0, 0.1) is 17.7 Å². The topological polar surface area (TPSA) is 89.3 Å². The smallest absolute Gasteiger partial charge is 0.224 e. The van der Waals surface area contributed by atoms with Crippen LogP contribution in [-0.2, 0) is 14.6 Å². The SMILES string of the molecule is CC(CS(=O)(=O)c1ccc(F)cc1)C(=O)NC(CN)C1CC1.Cl. The highest BCUT2D eigenvalue weighted by molar-refractivity contribution is 7.91. The average molecular weight is 365 g/mol. The molecule has 0 bridgehead atoms. The minimum atomic E-state index is -3.63. The van der Waals surface area contributed by atoms with E-state index in [0.717, 1.165) is 25.0 Å². The molecule has 130 valence electrons. The monoisotopic (exact) mass is 364 g/mol. The number of sulfone groups is 1. The fraction of sp³-hybridized carbons (Fsp3) is 0.533. The van der Waals surface area contributed by atoms with Gasteiger partial charge in [-0.25, -0.2) is 12.8 Å². The number of nitrogens with two attached hydrogens (primary N) is 1. The molecule has 0 spiro atoms. The third-order valence-corrected chi connectivity index (χ3v) is 5.79. The van der Waals surface area contributed by atoms with Crippen LogP contribution in [0.2, 0.25) is 0 Å². The van der Waals surface area contributed by atoms with Crippen molar-refractivity contribution in [3.05, 3.63) is 30.1 Å². The van der Waals surface area contributed by atoms with Crippen molar-refractivity contribution in [3.8, 4) is 0 Å². The van der Waals surface area contributed by atoms with E-state index in [4.69, 9.17) is 5.73 Å². The second-order valence-electron chi connectivity index (χ2n) is 5.82. The summed E-state index contributed by atoms with van der Waals surface area (Å²) in [5.74, 6) is -1.41. The summed E-state index contributed by atoms with van der Waals surface area (Å²) in [6, 6.07) is 4.53. The van der Waals surface area contributed by atoms with Gasteiger partial charge in [-0.15, -0.1) is 12.4 Å². The Morgan fingerprint density at radius 2 is 1.91 bits per heavy atom. The Morgan fingerprint density at radius 3 is 2.39 bits per heavy atom. The van der Waals surface area contributed by atoms with E-state index in [1.807, 2.05) is 0 Å². The standard InChI is InChI=1S/C15H21FN2O3S.ClH/c1-10(15(19)18-14(8-17)11-2-3-11)9-22(20,21)13-6-4-12(16)5-7-13;/h4-7,10-11,14H,2-3,8-9,17H2,1H3,(H,18,19);1H. The van der Waals surface area contributed by atoms with Crippen LogP contribution in [0.25, 0.3) is 0 Å². The molecule has 0 aliphatic heterocycles. The van der Waals surface area contributed by atoms with Gasteiger partial charge in [-0.1, -0.05) is 6.92 Å². The Bertz CT molecular complexity index is 633. The van der Waals surface area contributed by atoms with Gasteiger partial charge < -0.3 is 11.1 Å². The lowest BCUT2D eigenvalue weighted by Gasteiger charge is -2.19. The van der Waals surface area contributed by atoms with Gasteiger partial charge in [-0.05, 0) is 43.0 Å². The molecular formula is C15H22ClFN2O3S.